The molecule has 0 saturated heterocycles. The summed E-state index contributed by atoms with van der Waals surface area (Å²) in [5.74, 6) is 0.915. The number of rotatable bonds is 4. The van der Waals surface area contributed by atoms with Gasteiger partial charge >= 0.3 is 0 Å². The van der Waals surface area contributed by atoms with Crippen LogP contribution in [0.15, 0.2) is 42.5 Å². The zero-order valence-corrected chi connectivity index (χ0v) is 13.2. The van der Waals surface area contributed by atoms with Gasteiger partial charge in [0.25, 0.3) is 0 Å². The van der Waals surface area contributed by atoms with Crippen LogP contribution in [0.4, 0.5) is 0 Å². The molecule has 100 valence electrons. The third-order valence-electron chi connectivity index (χ3n) is 3.31. The van der Waals surface area contributed by atoms with Crippen molar-refractivity contribution in [2.75, 3.05) is 7.11 Å². The first-order valence-electron chi connectivity index (χ1n) is 6.44. The van der Waals surface area contributed by atoms with Gasteiger partial charge in [-0.2, -0.15) is 0 Å². The van der Waals surface area contributed by atoms with Crippen LogP contribution in [0.1, 0.15) is 27.1 Å². The number of ether oxygens (including phenoxy) is 1. The van der Waals surface area contributed by atoms with Gasteiger partial charge in [-0.15, -0.1) is 0 Å². The molecular formula is C17H19BrO. The minimum absolute atomic E-state index is 0.334. The van der Waals surface area contributed by atoms with Crippen LogP contribution in [0, 0.1) is 13.8 Å². The molecule has 0 aliphatic carbocycles. The van der Waals surface area contributed by atoms with E-state index in [-0.39, 0.29) is 0 Å². The maximum atomic E-state index is 5.27. The van der Waals surface area contributed by atoms with E-state index in [0.29, 0.717) is 4.83 Å². The molecule has 2 aromatic rings. The van der Waals surface area contributed by atoms with Gasteiger partial charge in [0, 0.05) is 4.83 Å². The molecule has 1 atom stereocenters. The molecular weight excluding hydrogens is 300 g/mol. The Morgan fingerprint density at radius 3 is 2.58 bits per heavy atom. The first kappa shape index (κ1) is 14.1. The second-order valence-electron chi connectivity index (χ2n) is 4.88. The van der Waals surface area contributed by atoms with Crippen LogP contribution in [0.5, 0.6) is 5.75 Å². The molecule has 0 amide bonds. The monoisotopic (exact) mass is 318 g/mol. The molecule has 19 heavy (non-hydrogen) atoms. The summed E-state index contributed by atoms with van der Waals surface area (Å²) in [5.41, 5.74) is 5.28. The van der Waals surface area contributed by atoms with E-state index in [9.17, 15) is 0 Å². The Morgan fingerprint density at radius 1 is 1.11 bits per heavy atom. The van der Waals surface area contributed by atoms with Crippen molar-refractivity contribution < 1.29 is 4.74 Å². The van der Waals surface area contributed by atoms with Crippen LogP contribution >= 0.6 is 15.9 Å². The van der Waals surface area contributed by atoms with Crippen molar-refractivity contribution in [3.8, 4) is 5.75 Å². The standard InChI is InChI=1S/C17H19BrO/c1-12-7-8-16(13(2)9-12)17(18)11-14-5-4-6-15(10-14)19-3/h4-10,17H,11H2,1-3H3. The van der Waals surface area contributed by atoms with Gasteiger partial charge in [-0.1, -0.05) is 51.8 Å². The zero-order valence-electron chi connectivity index (χ0n) is 11.6. The fraction of sp³-hybridized carbons (Fsp3) is 0.294. The van der Waals surface area contributed by atoms with Crippen molar-refractivity contribution in [2.24, 2.45) is 0 Å². The Hall–Kier alpha value is -1.28. The smallest absolute Gasteiger partial charge is 0.119 e. The summed E-state index contributed by atoms with van der Waals surface area (Å²) in [6, 6.07) is 14.9. The number of halogens is 1. The van der Waals surface area contributed by atoms with Crippen LogP contribution in [-0.4, -0.2) is 7.11 Å². The van der Waals surface area contributed by atoms with Crippen LogP contribution in [0.2, 0.25) is 0 Å². The van der Waals surface area contributed by atoms with E-state index in [1.165, 1.54) is 22.3 Å². The van der Waals surface area contributed by atoms with Gasteiger partial charge in [0.1, 0.15) is 5.75 Å². The molecule has 0 bridgehead atoms. The fourth-order valence-corrected chi connectivity index (χ4v) is 3.18. The van der Waals surface area contributed by atoms with Gasteiger partial charge in [0.05, 0.1) is 7.11 Å². The third-order valence-corrected chi connectivity index (χ3v) is 4.13. The number of methoxy groups -OCH3 is 1. The highest BCUT2D eigenvalue weighted by atomic mass is 79.9. The number of hydrogen-bond donors (Lipinski definition) is 0. The maximum Gasteiger partial charge on any atom is 0.119 e. The molecule has 0 heterocycles. The molecule has 2 heteroatoms. The third kappa shape index (κ3) is 3.60. The SMILES string of the molecule is COc1cccc(CC(Br)c2ccc(C)cc2C)c1. The van der Waals surface area contributed by atoms with Crippen LogP contribution in [-0.2, 0) is 6.42 Å². The van der Waals surface area contributed by atoms with Crippen molar-refractivity contribution in [2.45, 2.75) is 25.1 Å². The Balaban J connectivity index is 2.17. The molecule has 0 aliphatic rings. The Bertz CT molecular complexity index is 563. The predicted molar refractivity (Wildman–Crippen MR) is 84.3 cm³/mol. The highest BCUT2D eigenvalue weighted by molar-refractivity contribution is 9.09. The van der Waals surface area contributed by atoms with Gasteiger partial charge in [-0.3, -0.25) is 0 Å². The summed E-state index contributed by atoms with van der Waals surface area (Å²) in [7, 11) is 1.70. The van der Waals surface area contributed by atoms with Crippen molar-refractivity contribution in [3.05, 3.63) is 64.7 Å². The van der Waals surface area contributed by atoms with Crippen LogP contribution in [0.25, 0.3) is 0 Å². The molecule has 0 aliphatic heterocycles. The summed E-state index contributed by atoms with van der Waals surface area (Å²) in [5, 5.41) is 0. The van der Waals surface area contributed by atoms with E-state index in [2.05, 4.69) is 60.1 Å². The van der Waals surface area contributed by atoms with Gasteiger partial charge in [0.2, 0.25) is 0 Å². The van der Waals surface area contributed by atoms with Gasteiger partial charge in [-0.05, 0) is 49.1 Å². The summed E-state index contributed by atoms with van der Waals surface area (Å²) < 4.78 is 5.27. The van der Waals surface area contributed by atoms with E-state index in [0.717, 1.165) is 12.2 Å². The molecule has 2 rings (SSSR count). The first-order valence-corrected chi connectivity index (χ1v) is 7.36. The van der Waals surface area contributed by atoms with E-state index >= 15 is 0 Å². The molecule has 0 fully saturated rings. The molecule has 1 nitrogen and oxygen atoms in total. The van der Waals surface area contributed by atoms with Gasteiger partial charge in [0.15, 0.2) is 0 Å². The molecule has 0 radical (unpaired) electrons. The Labute approximate surface area is 123 Å². The topological polar surface area (TPSA) is 9.23 Å². The van der Waals surface area contributed by atoms with Crippen molar-refractivity contribution in [3.63, 3.8) is 0 Å². The summed E-state index contributed by atoms with van der Waals surface area (Å²) >= 11 is 3.80. The predicted octanol–water partition coefficient (Wildman–Crippen LogP) is 4.99. The highest BCUT2D eigenvalue weighted by Crippen LogP contribution is 2.30. The molecule has 0 spiro atoms. The average Bonchev–Trinajstić information content (AvgIpc) is 2.38. The number of benzene rings is 2. The van der Waals surface area contributed by atoms with Crippen LogP contribution in [0.3, 0.4) is 0 Å². The average molecular weight is 319 g/mol. The minimum Gasteiger partial charge on any atom is -0.497 e. The van der Waals surface area contributed by atoms with E-state index < -0.39 is 0 Å². The summed E-state index contributed by atoms with van der Waals surface area (Å²) in [6.45, 7) is 4.30. The first-order chi connectivity index (χ1) is 9.10. The number of hydrogen-bond acceptors (Lipinski definition) is 1. The maximum absolute atomic E-state index is 5.27. The summed E-state index contributed by atoms with van der Waals surface area (Å²) in [4.78, 5) is 0.334. The van der Waals surface area contributed by atoms with Gasteiger partial charge < -0.3 is 4.74 Å². The lowest BCUT2D eigenvalue weighted by atomic mass is 9.99. The second kappa shape index (κ2) is 6.25. The quantitative estimate of drug-likeness (QED) is 0.721. The van der Waals surface area contributed by atoms with Crippen molar-refractivity contribution >= 4 is 15.9 Å². The lowest BCUT2D eigenvalue weighted by Crippen LogP contribution is -1.98. The Morgan fingerprint density at radius 2 is 1.89 bits per heavy atom. The van der Waals surface area contributed by atoms with E-state index in [1.807, 2.05) is 12.1 Å². The number of aryl methyl sites for hydroxylation is 2. The molecule has 0 saturated carbocycles. The van der Waals surface area contributed by atoms with Crippen molar-refractivity contribution in [1.29, 1.82) is 0 Å². The molecule has 2 aromatic carbocycles. The Kier molecular flexibility index (Phi) is 4.65. The zero-order chi connectivity index (χ0) is 13.8. The van der Waals surface area contributed by atoms with Gasteiger partial charge in [-0.25, -0.2) is 0 Å². The number of alkyl halides is 1. The largest absolute Gasteiger partial charge is 0.497 e. The summed E-state index contributed by atoms with van der Waals surface area (Å²) in [6.07, 6.45) is 0.959. The second-order valence-corrected chi connectivity index (χ2v) is 5.99. The van der Waals surface area contributed by atoms with Crippen LogP contribution < -0.4 is 4.74 Å². The van der Waals surface area contributed by atoms with Crippen molar-refractivity contribution in [1.82, 2.24) is 0 Å². The lowest BCUT2D eigenvalue weighted by molar-refractivity contribution is 0.414. The highest BCUT2D eigenvalue weighted by Gasteiger charge is 2.11. The minimum atomic E-state index is 0.334. The normalized spacial score (nSPS) is 12.2. The van der Waals surface area contributed by atoms with E-state index in [4.69, 9.17) is 4.74 Å². The molecule has 1 unspecified atom stereocenters. The fourth-order valence-electron chi connectivity index (χ4n) is 2.29. The molecule has 0 aromatic heterocycles. The molecule has 0 N–H and O–H groups in total. The lowest BCUT2D eigenvalue weighted by Gasteiger charge is -2.14. The van der Waals surface area contributed by atoms with E-state index in [1.54, 1.807) is 7.11 Å².